The van der Waals surface area contributed by atoms with E-state index in [4.69, 9.17) is 15.2 Å². The van der Waals surface area contributed by atoms with Crippen LogP contribution in [0.3, 0.4) is 0 Å². The number of aromatic nitrogens is 4. The number of anilines is 1. The molecule has 1 saturated heterocycles. The zero-order valence-electron chi connectivity index (χ0n) is 31.6. The second-order valence-corrected chi connectivity index (χ2v) is 14.5. The Morgan fingerprint density at radius 1 is 1.04 bits per heavy atom. The maximum Gasteiger partial charge on any atom is 0.274 e. The first-order valence-electron chi connectivity index (χ1n) is 18.9. The molecule has 1 spiro atoms. The highest BCUT2D eigenvalue weighted by atomic mass is 16.6. The smallest absolute Gasteiger partial charge is 0.274 e. The molecule has 2 fully saturated rings. The molecule has 7 rings (SSSR count). The van der Waals surface area contributed by atoms with Gasteiger partial charge in [0.05, 0.1) is 47.8 Å². The Morgan fingerprint density at radius 2 is 1.77 bits per heavy atom. The molecule has 18 heteroatoms. The summed E-state index contributed by atoms with van der Waals surface area (Å²) in [5.41, 5.74) is 9.05. The van der Waals surface area contributed by atoms with Crippen LogP contribution in [0.2, 0.25) is 0 Å². The molecule has 2 aromatic heterocycles. The number of nitro benzene ring substituents is 1. The van der Waals surface area contributed by atoms with Crippen molar-refractivity contribution in [2.75, 3.05) is 64.9 Å². The lowest BCUT2D eigenvalue weighted by Gasteiger charge is -2.52. The summed E-state index contributed by atoms with van der Waals surface area (Å²) in [5.74, 6) is 2.21. The fourth-order valence-electron chi connectivity index (χ4n) is 8.75. The van der Waals surface area contributed by atoms with Gasteiger partial charge in [0.25, 0.3) is 11.9 Å². The molecule has 0 bridgehead atoms. The van der Waals surface area contributed by atoms with Gasteiger partial charge in [0.15, 0.2) is 23.0 Å². The van der Waals surface area contributed by atoms with E-state index in [9.17, 15) is 25.0 Å². The molecule has 2 aromatic carbocycles. The topological polar surface area (TPSA) is 213 Å². The number of hydrogen-bond acceptors (Lipinski definition) is 14. The molecule has 1 amide bonds. The van der Waals surface area contributed by atoms with Gasteiger partial charge in [-0.15, -0.1) is 0 Å². The first-order chi connectivity index (χ1) is 27.1. The monoisotopic (exact) mass is 769 g/mol. The van der Waals surface area contributed by atoms with Crippen molar-refractivity contribution in [3.63, 3.8) is 0 Å². The number of carbonyl (C=O) groups excluding carboxylic acids is 1. The summed E-state index contributed by atoms with van der Waals surface area (Å²) < 4.78 is 13.0. The molecule has 18 nitrogen and oxygen atoms in total. The van der Waals surface area contributed by atoms with Crippen molar-refractivity contribution in [1.29, 1.82) is 0 Å². The first kappa shape index (κ1) is 38.2. The van der Waals surface area contributed by atoms with Crippen LogP contribution in [0.5, 0.6) is 11.5 Å². The Hall–Kier alpha value is -6.04. The van der Waals surface area contributed by atoms with Crippen LogP contribution in [0.1, 0.15) is 48.8 Å². The third kappa shape index (κ3) is 7.60. The van der Waals surface area contributed by atoms with Gasteiger partial charge in [-0.2, -0.15) is 5.10 Å². The summed E-state index contributed by atoms with van der Waals surface area (Å²) in [4.78, 5) is 51.2. The molecule has 3 N–H and O–H groups in total. The third-order valence-corrected chi connectivity index (χ3v) is 11.5. The zero-order chi connectivity index (χ0) is 39.4. The summed E-state index contributed by atoms with van der Waals surface area (Å²) >= 11 is 0. The number of amides is 1. The van der Waals surface area contributed by atoms with E-state index in [1.165, 1.54) is 23.5 Å². The number of nitrogens with zero attached hydrogens (tertiary/aromatic N) is 9. The van der Waals surface area contributed by atoms with E-state index in [0.29, 0.717) is 55.4 Å². The number of nitro groups is 2. The van der Waals surface area contributed by atoms with E-state index < -0.39 is 9.85 Å². The quantitative estimate of drug-likeness (QED) is 0.113. The molecule has 296 valence electrons. The van der Waals surface area contributed by atoms with E-state index in [2.05, 4.69) is 42.3 Å². The Bertz CT molecular complexity index is 2120. The second-order valence-electron chi connectivity index (χ2n) is 14.5. The van der Waals surface area contributed by atoms with Gasteiger partial charge in [-0.3, -0.25) is 29.9 Å². The molecule has 2 aliphatic heterocycles. The maximum atomic E-state index is 14.1. The van der Waals surface area contributed by atoms with Gasteiger partial charge in [0.2, 0.25) is 5.91 Å². The standard InChI is InChI=1S/C38H47N11O7/c1-55-32-20-27-10-15-46(14-5-13-40-34(39)24-48(51)52)38(30(27)21-33(32)56-2)11-8-26(9-12-38)37(50)45-18-16-44(17-19-45)35-29-22-43-47(36(29)42-25-41-35)23-28-6-3-4-7-31(28)49(53)54/h3-4,6-7,20-22,24-26,40H,5,8-19,23,39H2,1-2H3/b34-24-. The number of ether oxygens (including phenoxy) is 2. The first-order valence-corrected chi connectivity index (χ1v) is 18.9. The molecule has 56 heavy (non-hydrogen) atoms. The Labute approximate surface area is 323 Å². The van der Waals surface area contributed by atoms with Gasteiger partial charge in [-0.25, -0.2) is 14.6 Å². The number of nitrogens with one attached hydrogen (secondary N) is 1. The van der Waals surface area contributed by atoms with Crippen molar-refractivity contribution in [2.24, 2.45) is 11.7 Å². The molecule has 4 heterocycles. The Balaban J connectivity index is 1.01. The predicted molar refractivity (Wildman–Crippen MR) is 207 cm³/mol. The van der Waals surface area contributed by atoms with Gasteiger partial charge < -0.3 is 30.3 Å². The fraction of sp³-hybridized carbons (Fsp3) is 0.474. The van der Waals surface area contributed by atoms with Crippen LogP contribution in [0.25, 0.3) is 11.0 Å². The van der Waals surface area contributed by atoms with Gasteiger partial charge in [0.1, 0.15) is 12.1 Å². The summed E-state index contributed by atoms with van der Waals surface area (Å²) in [7, 11) is 3.29. The van der Waals surface area contributed by atoms with Crippen LogP contribution in [-0.2, 0) is 23.3 Å². The summed E-state index contributed by atoms with van der Waals surface area (Å²) in [6.07, 6.45) is 8.63. The molecule has 3 aliphatic rings. The number of hydrogen-bond donors (Lipinski definition) is 2. The predicted octanol–water partition coefficient (Wildman–Crippen LogP) is 3.41. The molecular formula is C38H47N11O7. The molecule has 0 radical (unpaired) electrons. The molecule has 1 saturated carbocycles. The Kier molecular flexibility index (Phi) is 11.2. The number of para-hydroxylation sites is 1. The van der Waals surface area contributed by atoms with E-state index in [-0.39, 0.29) is 35.4 Å². The SMILES string of the molecule is COc1cc2c(cc1OC)C1(CCC(C(=O)N3CCN(c4ncnc5c4cnn5Cc4ccccc4[N+](=O)[O-])CC3)CC1)N(CCCN/C(N)=C\[N+](=O)[O-])CC2. The average Bonchev–Trinajstić information content (AvgIpc) is 3.62. The highest BCUT2D eigenvalue weighted by Gasteiger charge is 2.47. The van der Waals surface area contributed by atoms with Crippen LogP contribution >= 0.6 is 0 Å². The minimum Gasteiger partial charge on any atom is -0.493 e. The van der Waals surface area contributed by atoms with Crippen LogP contribution in [0.4, 0.5) is 11.5 Å². The van der Waals surface area contributed by atoms with Crippen molar-refractivity contribution in [2.45, 2.75) is 50.6 Å². The molecule has 0 unspecified atom stereocenters. The lowest BCUT2D eigenvalue weighted by Crippen LogP contribution is -2.55. The average molecular weight is 770 g/mol. The number of methoxy groups -OCH3 is 2. The lowest BCUT2D eigenvalue weighted by molar-refractivity contribution is -0.403. The van der Waals surface area contributed by atoms with Crippen molar-refractivity contribution in [3.8, 4) is 11.5 Å². The van der Waals surface area contributed by atoms with E-state index in [1.807, 2.05) is 4.90 Å². The minimum atomic E-state index is -0.570. The van der Waals surface area contributed by atoms with Crippen molar-refractivity contribution in [1.82, 2.24) is 34.9 Å². The van der Waals surface area contributed by atoms with Crippen LogP contribution in [0, 0.1) is 26.1 Å². The number of fused-ring (bicyclic) bond motifs is 3. The van der Waals surface area contributed by atoms with Crippen LogP contribution < -0.4 is 25.4 Å². The van der Waals surface area contributed by atoms with Gasteiger partial charge >= 0.3 is 0 Å². The second kappa shape index (κ2) is 16.4. The van der Waals surface area contributed by atoms with Gasteiger partial charge in [-0.1, -0.05) is 18.2 Å². The minimum absolute atomic E-state index is 0.0285. The van der Waals surface area contributed by atoms with Crippen LogP contribution in [-0.4, -0.2) is 105 Å². The number of nitrogens with two attached hydrogens (primary N) is 1. The van der Waals surface area contributed by atoms with E-state index >= 15 is 0 Å². The van der Waals surface area contributed by atoms with Crippen molar-refractivity contribution < 1.29 is 24.1 Å². The summed E-state index contributed by atoms with van der Waals surface area (Å²) in [6, 6.07) is 10.8. The highest BCUT2D eigenvalue weighted by Crippen LogP contribution is 2.50. The largest absolute Gasteiger partial charge is 0.493 e. The van der Waals surface area contributed by atoms with E-state index in [0.717, 1.165) is 69.0 Å². The normalized spacial score (nSPS) is 20.2. The zero-order valence-corrected chi connectivity index (χ0v) is 31.6. The number of rotatable bonds is 13. The Morgan fingerprint density at radius 3 is 2.48 bits per heavy atom. The molecule has 1 aliphatic carbocycles. The van der Waals surface area contributed by atoms with Crippen molar-refractivity contribution >= 4 is 28.4 Å². The highest BCUT2D eigenvalue weighted by molar-refractivity contribution is 5.87. The van der Waals surface area contributed by atoms with Crippen molar-refractivity contribution in [3.05, 3.63) is 97.9 Å². The lowest BCUT2D eigenvalue weighted by atomic mass is 9.68. The summed E-state index contributed by atoms with van der Waals surface area (Å²) in [5, 5.41) is 30.6. The number of piperazine rings is 1. The van der Waals surface area contributed by atoms with Gasteiger partial charge in [-0.05, 0) is 61.8 Å². The number of carbonyl (C=O) groups is 1. The van der Waals surface area contributed by atoms with E-state index in [1.54, 1.807) is 43.3 Å². The number of benzene rings is 2. The maximum absolute atomic E-state index is 14.1. The third-order valence-electron chi connectivity index (χ3n) is 11.5. The molecule has 0 atom stereocenters. The fourth-order valence-corrected chi connectivity index (χ4v) is 8.75. The van der Waals surface area contributed by atoms with Crippen LogP contribution in [0.15, 0.2) is 60.9 Å². The van der Waals surface area contributed by atoms with Gasteiger partial charge in [0, 0.05) is 63.3 Å². The molecular weight excluding hydrogens is 722 g/mol. The molecule has 4 aromatic rings. The summed E-state index contributed by atoms with van der Waals surface area (Å²) in [6.45, 7) is 4.61.